The summed E-state index contributed by atoms with van der Waals surface area (Å²) in [4.78, 5) is 25.7. The lowest BCUT2D eigenvalue weighted by Gasteiger charge is -2.15. The average Bonchev–Trinajstić information content (AvgIpc) is 2.72. The molecule has 3 rings (SSSR count). The number of carbonyl (C=O) groups excluding carboxylic acids is 2. The monoisotopic (exact) mass is 422 g/mol. The highest BCUT2D eigenvalue weighted by molar-refractivity contribution is 8.00. The number of halogens is 1. The first kappa shape index (κ1) is 21.6. The van der Waals surface area contributed by atoms with Gasteiger partial charge in [0.2, 0.25) is 5.91 Å². The van der Waals surface area contributed by atoms with Crippen molar-refractivity contribution in [3.05, 3.63) is 89.2 Å². The SMILES string of the molecule is Cc1cccc(C)c1NC(=O)C(C)Sc1ccc(NC(=O)c2ccccc2F)cc1. The fourth-order valence-corrected chi connectivity index (χ4v) is 3.82. The largest absolute Gasteiger partial charge is 0.325 e. The van der Waals surface area contributed by atoms with Crippen molar-refractivity contribution in [3.8, 4) is 0 Å². The highest BCUT2D eigenvalue weighted by atomic mass is 32.2. The summed E-state index contributed by atoms with van der Waals surface area (Å²) < 4.78 is 13.7. The molecule has 4 nitrogen and oxygen atoms in total. The lowest BCUT2D eigenvalue weighted by Crippen LogP contribution is -2.23. The Morgan fingerprint density at radius 2 is 1.50 bits per heavy atom. The standard InChI is InChI=1S/C24H23FN2O2S/c1-15-7-6-8-16(2)22(15)27-23(28)17(3)30-19-13-11-18(12-14-19)26-24(29)20-9-4-5-10-21(20)25/h4-14,17H,1-3H3,(H,26,29)(H,27,28). The van der Waals surface area contributed by atoms with E-state index in [4.69, 9.17) is 0 Å². The van der Waals surface area contributed by atoms with Crippen molar-refractivity contribution in [2.75, 3.05) is 10.6 Å². The summed E-state index contributed by atoms with van der Waals surface area (Å²) in [6.45, 7) is 5.78. The summed E-state index contributed by atoms with van der Waals surface area (Å²) in [5.41, 5.74) is 3.44. The van der Waals surface area contributed by atoms with Gasteiger partial charge in [-0.2, -0.15) is 0 Å². The molecule has 3 aromatic rings. The number of hydrogen-bond donors (Lipinski definition) is 2. The highest BCUT2D eigenvalue weighted by Crippen LogP contribution is 2.27. The van der Waals surface area contributed by atoms with Gasteiger partial charge in [-0.1, -0.05) is 30.3 Å². The van der Waals surface area contributed by atoms with Crippen molar-refractivity contribution >= 4 is 35.0 Å². The van der Waals surface area contributed by atoms with Crippen LogP contribution in [0.5, 0.6) is 0 Å². The lowest BCUT2D eigenvalue weighted by atomic mass is 10.1. The van der Waals surface area contributed by atoms with E-state index in [1.54, 1.807) is 18.2 Å². The van der Waals surface area contributed by atoms with Crippen molar-refractivity contribution in [1.29, 1.82) is 0 Å². The van der Waals surface area contributed by atoms with Gasteiger partial charge in [-0.3, -0.25) is 9.59 Å². The Bertz CT molecular complexity index is 1050. The van der Waals surface area contributed by atoms with E-state index in [2.05, 4.69) is 10.6 Å². The molecule has 2 N–H and O–H groups in total. The van der Waals surface area contributed by atoms with Gasteiger partial charge in [0, 0.05) is 16.3 Å². The summed E-state index contributed by atoms with van der Waals surface area (Å²) >= 11 is 1.42. The van der Waals surface area contributed by atoms with Crippen molar-refractivity contribution in [2.45, 2.75) is 30.9 Å². The summed E-state index contributed by atoms with van der Waals surface area (Å²) in [5.74, 6) is -1.14. The van der Waals surface area contributed by atoms with E-state index in [0.29, 0.717) is 5.69 Å². The molecule has 0 saturated heterocycles. The number of carbonyl (C=O) groups is 2. The van der Waals surface area contributed by atoms with E-state index >= 15 is 0 Å². The summed E-state index contributed by atoms with van der Waals surface area (Å²) in [6.07, 6.45) is 0. The van der Waals surface area contributed by atoms with Gasteiger partial charge in [0.25, 0.3) is 5.91 Å². The Kier molecular flexibility index (Phi) is 6.90. The first-order valence-corrected chi connectivity index (χ1v) is 10.4. The molecule has 0 aromatic heterocycles. The second-order valence-corrected chi connectivity index (χ2v) is 8.39. The highest BCUT2D eigenvalue weighted by Gasteiger charge is 2.17. The number of hydrogen-bond acceptors (Lipinski definition) is 3. The summed E-state index contributed by atoms with van der Waals surface area (Å²) in [7, 11) is 0. The predicted molar refractivity (Wildman–Crippen MR) is 121 cm³/mol. The molecule has 3 aromatic carbocycles. The molecule has 6 heteroatoms. The third-order valence-electron chi connectivity index (χ3n) is 4.64. The van der Waals surface area contributed by atoms with Gasteiger partial charge < -0.3 is 10.6 Å². The van der Waals surface area contributed by atoms with Crippen molar-refractivity contribution in [3.63, 3.8) is 0 Å². The van der Waals surface area contributed by atoms with Crippen LogP contribution < -0.4 is 10.6 Å². The minimum absolute atomic E-state index is 0.00672. The van der Waals surface area contributed by atoms with E-state index in [1.807, 2.05) is 51.1 Å². The summed E-state index contributed by atoms with van der Waals surface area (Å²) in [5, 5.41) is 5.38. The molecule has 0 spiro atoms. The molecular weight excluding hydrogens is 399 g/mol. The number of benzene rings is 3. The number of aryl methyl sites for hydroxylation is 2. The lowest BCUT2D eigenvalue weighted by molar-refractivity contribution is -0.115. The summed E-state index contributed by atoms with van der Waals surface area (Å²) in [6, 6.07) is 18.8. The molecule has 0 heterocycles. The maximum absolute atomic E-state index is 13.7. The minimum Gasteiger partial charge on any atom is -0.325 e. The molecule has 0 radical (unpaired) electrons. The molecule has 0 aliphatic carbocycles. The van der Waals surface area contributed by atoms with Gasteiger partial charge in [-0.15, -0.1) is 11.8 Å². The zero-order valence-electron chi connectivity index (χ0n) is 17.0. The van der Waals surface area contributed by atoms with Gasteiger partial charge in [0.15, 0.2) is 0 Å². The number of nitrogens with one attached hydrogen (secondary N) is 2. The van der Waals surface area contributed by atoms with E-state index in [0.717, 1.165) is 21.7 Å². The van der Waals surface area contributed by atoms with Gasteiger partial charge in [0.1, 0.15) is 5.82 Å². The Labute approximate surface area is 179 Å². The Hall–Kier alpha value is -3.12. The molecule has 154 valence electrons. The Balaban J connectivity index is 1.60. The maximum atomic E-state index is 13.7. The topological polar surface area (TPSA) is 58.2 Å². The van der Waals surface area contributed by atoms with Crippen LogP contribution in [0.15, 0.2) is 71.6 Å². The average molecular weight is 423 g/mol. The second-order valence-electron chi connectivity index (χ2n) is 6.97. The van der Waals surface area contributed by atoms with E-state index < -0.39 is 11.7 Å². The first-order chi connectivity index (χ1) is 14.3. The van der Waals surface area contributed by atoms with Crippen LogP contribution in [0.25, 0.3) is 0 Å². The second kappa shape index (κ2) is 9.59. The first-order valence-electron chi connectivity index (χ1n) is 9.55. The maximum Gasteiger partial charge on any atom is 0.258 e. The number of para-hydroxylation sites is 1. The molecule has 1 atom stereocenters. The smallest absolute Gasteiger partial charge is 0.258 e. The molecule has 0 aliphatic heterocycles. The number of amides is 2. The molecule has 0 aliphatic rings. The van der Waals surface area contributed by atoms with Crippen LogP contribution in [0.1, 0.15) is 28.4 Å². The van der Waals surface area contributed by atoms with Crippen molar-refractivity contribution < 1.29 is 14.0 Å². The third-order valence-corrected chi connectivity index (χ3v) is 5.75. The van der Waals surface area contributed by atoms with Crippen LogP contribution in [0.2, 0.25) is 0 Å². The minimum atomic E-state index is -0.564. The number of thioether (sulfide) groups is 1. The van der Waals surface area contributed by atoms with Crippen molar-refractivity contribution in [2.24, 2.45) is 0 Å². The van der Waals surface area contributed by atoms with Gasteiger partial charge >= 0.3 is 0 Å². The molecule has 2 amide bonds. The molecule has 30 heavy (non-hydrogen) atoms. The molecule has 0 bridgehead atoms. The van der Waals surface area contributed by atoms with Crippen LogP contribution in [0.3, 0.4) is 0 Å². The van der Waals surface area contributed by atoms with Crippen LogP contribution in [0.4, 0.5) is 15.8 Å². The van der Waals surface area contributed by atoms with E-state index in [-0.39, 0.29) is 16.7 Å². The molecule has 0 fully saturated rings. The molecular formula is C24H23FN2O2S. The van der Waals surface area contributed by atoms with Crippen molar-refractivity contribution in [1.82, 2.24) is 0 Å². The van der Waals surface area contributed by atoms with Crippen LogP contribution >= 0.6 is 11.8 Å². The zero-order valence-corrected chi connectivity index (χ0v) is 17.8. The fourth-order valence-electron chi connectivity index (χ4n) is 2.95. The van der Waals surface area contributed by atoms with Crippen LogP contribution in [-0.4, -0.2) is 17.1 Å². The van der Waals surface area contributed by atoms with Gasteiger partial charge in [-0.05, 0) is 68.3 Å². The Morgan fingerprint density at radius 1 is 0.867 bits per heavy atom. The zero-order chi connectivity index (χ0) is 21.7. The van der Waals surface area contributed by atoms with Crippen LogP contribution in [-0.2, 0) is 4.79 Å². The Morgan fingerprint density at radius 3 is 2.13 bits per heavy atom. The predicted octanol–water partition coefficient (Wildman–Crippen LogP) is 5.81. The number of rotatable bonds is 6. The molecule has 1 unspecified atom stereocenters. The van der Waals surface area contributed by atoms with Crippen LogP contribution in [0, 0.1) is 19.7 Å². The van der Waals surface area contributed by atoms with E-state index in [1.165, 1.54) is 30.0 Å². The third kappa shape index (κ3) is 5.27. The fraction of sp³-hybridized carbons (Fsp3) is 0.167. The van der Waals surface area contributed by atoms with Gasteiger partial charge in [0.05, 0.1) is 10.8 Å². The number of anilines is 2. The quantitative estimate of drug-likeness (QED) is 0.493. The van der Waals surface area contributed by atoms with E-state index in [9.17, 15) is 14.0 Å². The van der Waals surface area contributed by atoms with Gasteiger partial charge in [-0.25, -0.2) is 4.39 Å². The molecule has 0 saturated carbocycles. The normalized spacial score (nSPS) is 11.6.